The topological polar surface area (TPSA) is 106 Å². The third-order valence-electron chi connectivity index (χ3n) is 4.55. The summed E-state index contributed by atoms with van der Waals surface area (Å²) in [7, 11) is 0. The molecule has 0 bridgehead atoms. The van der Waals surface area contributed by atoms with Crippen molar-refractivity contribution in [2.24, 2.45) is 0 Å². The molecule has 0 aromatic carbocycles. The van der Waals surface area contributed by atoms with Crippen molar-refractivity contribution in [1.29, 1.82) is 0 Å². The van der Waals surface area contributed by atoms with Gasteiger partial charge in [0, 0.05) is 18.6 Å². The molecule has 1 aliphatic rings. The highest BCUT2D eigenvalue weighted by Crippen LogP contribution is 2.43. The molecule has 26 heavy (non-hydrogen) atoms. The molecule has 0 saturated carbocycles. The van der Waals surface area contributed by atoms with Crippen LogP contribution in [0.15, 0.2) is 37.3 Å². The summed E-state index contributed by atoms with van der Waals surface area (Å²) < 4.78 is 3.81. The number of anilines is 2. The number of H-pyrrole nitrogens is 1. The van der Waals surface area contributed by atoms with E-state index in [2.05, 4.69) is 42.2 Å². The molecule has 0 aliphatic carbocycles. The number of nitrogens with one attached hydrogen (secondary N) is 1. The first-order valence-corrected chi connectivity index (χ1v) is 8.33. The van der Waals surface area contributed by atoms with Gasteiger partial charge in [0.25, 0.3) is 0 Å². The Morgan fingerprint density at radius 1 is 1.23 bits per heavy atom. The van der Waals surface area contributed by atoms with Crippen molar-refractivity contribution in [3.8, 4) is 11.6 Å². The largest absolute Gasteiger partial charge is 0.311 e. The fourth-order valence-electron chi connectivity index (χ4n) is 3.39. The van der Waals surface area contributed by atoms with Crippen LogP contribution in [0.1, 0.15) is 31.0 Å². The van der Waals surface area contributed by atoms with E-state index in [1.165, 1.54) is 0 Å². The Morgan fingerprint density at radius 3 is 2.88 bits per heavy atom. The molecule has 5 heterocycles. The standard InChI is InChI=1S/C16H16N10/c1-3-12-15-23-22-10(2)25(15)13-8-18-16(24-5-4-17-9-24)21-14(13)26(12)11-6-19-20-7-11/h4-9,12H,3H2,1-2H3,(H,19,20). The van der Waals surface area contributed by atoms with Gasteiger partial charge in [0.1, 0.15) is 17.8 Å². The van der Waals surface area contributed by atoms with E-state index >= 15 is 0 Å². The number of nitrogens with zero attached hydrogens (tertiary/aromatic N) is 9. The molecular formula is C16H16N10. The van der Waals surface area contributed by atoms with Gasteiger partial charge in [0.15, 0.2) is 11.6 Å². The number of aromatic amines is 1. The van der Waals surface area contributed by atoms with Gasteiger partial charge < -0.3 is 4.90 Å². The quantitative estimate of drug-likeness (QED) is 0.602. The third-order valence-corrected chi connectivity index (χ3v) is 4.55. The zero-order valence-electron chi connectivity index (χ0n) is 14.3. The van der Waals surface area contributed by atoms with Gasteiger partial charge in [-0.15, -0.1) is 10.2 Å². The van der Waals surface area contributed by atoms with Crippen molar-refractivity contribution < 1.29 is 0 Å². The van der Waals surface area contributed by atoms with Crippen LogP contribution in [0.2, 0.25) is 0 Å². The third kappa shape index (κ3) is 1.98. The minimum atomic E-state index is -0.00756. The van der Waals surface area contributed by atoms with Crippen LogP contribution in [0.5, 0.6) is 0 Å². The van der Waals surface area contributed by atoms with E-state index in [4.69, 9.17) is 4.98 Å². The molecule has 130 valence electrons. The van der Waals surface area contributed by atoms with Crippen LogP contribution >= 0.6 is 0 Å². The summed E-state index contributed by atoms with van der Waals surface area (Å²) in [5, 5.41) is 15.7. The smallest absolute Gasteiger partial charge is 0.237 e. The summed E-state index contributed by atoms with van der Waals surface area (Å²) in [6.07, 6.45) is 11.5. The lowest BCUT2D eigenvalue weighted by atomic mass is 10.1. The van der Waals surface area contributed by atoms with E-state index in [0.717, 1.165) is 35.3 Å². The van der Waals surface area contributed by atoms with Crippen molar-refractivity contribution >= 4 is 11.5 Å². The first-order valence-electron chi connectivity index (χ1n) is 8.33. The van der Waals surface area contributed by atoms with Crippen LogP contribution in [0.3, 0.4) is 0 Å². The fourth-order valence-corrected chi connectivity index (χ4v) is 3.39. The van der Waals surface area contributed by atoms with Crippen LogP contribution in [-0.4, -0.2) is 44.5 Å². The number of imidazole rings is 1. The molecule has 0 radical (unpaired) electrons. The highest BCUT2D eigenvalue weighted by Gasteiger charge is 2.36. The van der Waals surface area contributed by atoms with Gasteiger partial charge in [-0.3, -0.25) is 14.2 Å². The van der Waals surface area contributed by atoms with Gasteiger partial charge in [0.05, 0.1) is 24.1 Å². The molecule has 10 heteroatoms. The number of hydrogen-bond donors (Lipinski definition) is 1. The lowest BCUT2D eigenvalue weighted by Crippen LogP contribution is -2.32. The van der Waals surface area contributed by atoms with Crippen molar-refractivity contribution in [1.82, 2.24) is 44.5 Å². The van der Waals surface area contributed by atoms with Gasteiger partial charge in [0.2, 0.25) is 5.95 Å². The van der Waals surface area contributed by atoms with Crippen LogP contribution in [0, 0.1) is 6.92 Å². The second-order valence-corrected chi connectivity index (χ2v) is 6.04. The Morgan fingerprint density at radius 2 is 2.15 bits per heavy atom. The maximum atomic E-state index is 4.83. The number of aromatic nitrogens is 9. The summed E-state index contributed by atoms with van der Waals surface area (Å²) in [5.41, 5.74) is 1.76. The van der Waals surface area contributed by atoms with Crippen molar-refractivity contribution in [2.75, 3.05) is 4.90 Å². The molecule has 1 unspecified atom stereocenters. The van der Waals surface area contributed by atoms with Gasteiger partial charge >= 0.3 is 0 Å². The molecule has 0 amide bonds. The van der Waals surface area contributed by atoms with Gasteiger partial charge in [-0.2, -0.15) is 10.1 Å². The normalized spacial score (nSPS) is 15.8. The molecule has 4 aromatic rings. The molecule has 1 N–H and O–H groups in total. The number of aryl methyl sites for hydroxylation is 1. The van der Waals surface area contributed by atoms with E-state index in [1.54, 1.807) is 29.5 Å². The van der Waals surface area contributed by atoms with E-state index < -0.39 is 0 Å². The monoisotopic (exact) mass is 348 g/mol. The Kier molecular flexibility index (Phi) is 3.11. The zero-order valence-corrected chi connectivity index (χ0v) is 14.3. The van der Waals surface area contributed by atoms with Crippen LogP contribution in [0.4, 0.5) is 11.5 Å². The Balaban J connectivity index is 1.79. The van der Waals surface area contributed by atoms with E-state index in [0.29, 0.717) is 5.95 Å². The molecule has 1 aliphatic heterocycles. The summed E-state index contributed by atoms with van der Waals surface area (Å²) in [6, 6.07) is -0.00756. The summed E-state index contributed by atoms with van der Waals surface area (Å²) in [6.45, 7) is 4.05. The zero-order chi connectivity index (χ0) is 17.7. The Bertz CT molecular complexity index is 1050. The Labute approximate surface area is 148 Å². The molecule has 1 atom stereocenters. The molecule has 0 saturated heterocycles. The predicted molar refractivity (Wildman–Crippen MR) is 92.6 cm³/mol. The molecule has 4 aromatic heterocycles. The molecule has 5 rings (SSSR count). The maximum Gasteiger partial charge on any atom is 0.237 e. The second kappa shape index (κ2) is 5.48. The second-order valence-electron chi connectivity index (χ2n) is 6.04. The van der Waals surface area contributed by atoms with E-state index in [-0.39, 0.29) is 6.04 Å². The molecule has 0 spiro atoms. The summed E-state index contributed by atoms with van der Waals surface area (Å²) in [4.78, 5) is 15.5. The highest BCUT2D eigenvalue weighted by molar-refractivity contribution is 5.71. The Hall–Kier alpha value is -3.56. The first-order chi connectivity index (χ1) is 12.8. The molecule has 0 fully saturated rings. The minimum absolute atomic E-state index is 0.00756. The minimum Gasteiger partial charge on any atom is -0.311 e. The van der Waals surface area contributed by atoms with Crippen LogP contribution in [0.25, 0.3) is 11.6 Å². The first kappa shape index (κ1) is 14.8. The SMILES string of the molecule is CCC1c2nnc(C)n2-c2cnc(-n3ccnc3)nc2N1c1cn[nH]c1. The maximum absolute atomic E-state index is 4.83. The lowest BCUT2D eigenvalue weighted by molar-refractivity contribution is 0.586. The molecule has 10 nitrogen and oxygen atoms in total. The summed E-state index contributed by atoms with van der Waals surface area (Å²) in [5.74, 6) is 3.02. The van der Waals surface area contributed by atoms with Crippen molar-refractivity contribution in [2.45, 2.75) is 26.3 Å². The van der Waals surface area contributed by atoms with Gasteiger partial charge in [-0.05, 0) is 13.3 Å². The average Bonchev–Trinajstić information content (AvgIpc) is 3.42. The highest BCUT2D eigenvalue weighted by atomic mass is 15.4. The number of fused-ring (bicyclic) bond motifs is 3. The van der Waals surface area contributed by atoms with Crippen molar-refractivity contribution in [3.05, 3.63) is 49.0 Å². The fraction of sp³-hybridized carbons (Fsp3) is 0.250. The van der Waals surface area contributed by atoms with E-state index in [9.17, 15) is 0 Å². The number of hydrogen-bond acceptors (Lipinski definition) is 7. The summed E-state index contributed by atoms with van der Waals surface area (Å²) >= 11 is 0. The van der Waals surface area contributed by atoms with Crippen LogP contribution < -0.4 is 4.90 Å². The van der Waals surface area contributed by atoms with Gasteiger partial charge in [-0.1, -0.05) is 6.92 Å². The van der Waals surface area contributed by atoms with Crippen molar-refractivity contribution in [3.63, 3.8) is 0 Å². The average molecular weight is 348 g/mol. The van der Waals surface area contributed by atoms with Crippen LogP contribution in [-0.2, 0) is 0 Å². The molecular weight excluding hydrogens is 332 g/mol. The van der Waals surface area contributed by atoms with E-state index in [1.807, 2.05) is 23.9 Å². The number of rotatable bonds is 3. The van der Waals surface area contributed by atoms with Gasteiger partial charge in [-0.25, -0.2) is 9.97 Å². The predicted octanol–water partition coefficient (Wildman–Crippen LogP) is 1.88. The lowest BCUT2D eigenvalue weighted by Gasteiger charge is -2.36.